The van der Waals surface area contributed by atoms with Crippen molar-refractivity contribution in [2.45, 2.75) is 0 Å². The average Bonchev–Trinajstić information content (AvgIpc) is 2.59. The van der Waals surface area contributed by atoms with Crippen LogP contribution >= 0.6 is 6.46 Å². The third kappa shape index (κ3) is 4.14. The van der Waals surface area contributed by atoms with Crippen LogP contribution in [0.25, 0.3) is 0 Å². The van der Waals surface area contributed by atoms with Crippen LogP contribution in [-0.2, 0) is 9.74 Å². The number of hydrogen-bond donors (Lipinski definition) is 0. The minimum Gasteiger partial charge on any atom is -0.716 e. The van der Waals surface area contributed by atoms with Gasteiger partial charge in [0.25, 0.3) is 0 Å². The largest absolute Gasteiger partial charge is 1.00 e. The molecule has 0 spiro atoms. The molecule has 0 heterocycles. The van der Waals surface area contributed by atoms with Crippen LogP contribution in [0.15, 0.2) is 72.8 Å². The summed E-state index contributed by atoms with van der Waals surface area (Å²) in [7, 11) is -5.03. The summed E-state index contributed by atoms with van der Waals surface area (Å²) in [6, 6.07) is 13.5. The maximum absolute atomic E-state index is 13.4. The second-order valence-corrected chi connectivity index (χ2v) is 12.1. The van der Waals surface area contributed by atoms with E-state index in [1.807, 2.05) is 0 Å². The average molecular weight is 419 g/mol. The van der Waals surface area contributed by atoms with Gasteiger partial charge in [0.15, 0.2) is 0 Å². The van der Waals surface area contributed by atoms with E-state index < -0.39 is 33.7 Å². The van der Waals surface area contributed by atoms with Gasteiger partial charge in [-0.15, -0.1) is 0 Å². The van der Waals surface area contributed by atoms with Crippen molar-refractivity contribution in [2.75, 3.05) is 0 Å². The van der Waals surface area contributed by atoms with Gasteiger partial charge in [-0.25, -0.2) is 21.6 Å². The summed E-state index contributed by atoms with van der Waals surface area (Å²) < 4.78 is 77.7. The quantitative estimate of drug-likeness (QED) is 0.336. The van der Waals surface area contributed by atoms with Gasteiger partial charge in [0.05, 0.1) is 0 Å². The Kier molecular flexibility index (Phi) is 6.90. The van der Waals surface area contributed by atoms with Crippen LogP contribution in [0, 0.1) is 17.5 Å². The van der Waals surface area contributed by atoms with Gasteiger partial charge in [-0.3, -0.25) is 0 Å². The summed E-state index contributed by atoms with van der Waals surface area (Å²) in [6.07, 6.45) is 0. The first-order chi connectivity index (χ1) is 12.2. The van der Waals surface area contributed by atoms with E-state index in [9.17, 15) is 26.1 Å². The molecule has 3 aromatic rings. The molecule has 0 radical (unpaired) electrons. The molecule has 0 unspecified atom stereocenters. The van der Waals surface area contributed by atoms with Gasteiger partial charge < -0.3 is 4.55 Å². The fourth-order valence-corrected chi connectivity index (χ4v) is 9.58. The third-order valence-corrected chi connectivity index (χ3v) is 11.6. The fraction of sp³-hybridized carbons (Fsp3) is 0. The van der Waals surface area contributed by atoms with Crippen molar-refractivity contribution in [1.82, 2.24) is 0 Å². The van der Waals surface area contributed by atoms with E-state index in [1.54, 1.807) is 0 Å². The van der Waals surface area contributed by atoms with E-state index in [4.69, 9.17) is 0 Å². The SMILES string of the molecule is O=S(=O)([O-])[P+](c1ccc(F)cc1)(c1ccc(F)cc1)c1ccc(F)cc1.[Na+]. The molecule has 134 valence electrons. The van der Waals surface area contributed by atoms with Gasteiger partial charge >= 0.3 is 29.6 Å². The topological polar surface area (TPSA) is 57.2 Å². The van der Waals surface area contributed by atoms with E-state index >= 15 is 0 Å². The molecule has 0 N–H and O–H groups in total. The van der Waals surface area contributed by atoms with Crippen molar-refractivity contribution in [2.24, 2.45) is 0 Å². The van der Waals surface area contributed by atoms with Crippen molar-refractivity contribution in [3.05, 3.63) is 90.2 Å². The summed E-state index contributed by atoms with van der Waals surface area (Å²) >= 11 is 0. The van der Waals surface area contributed by atoms with Gasteiger partial charge in [0.1, 0.15) is 33.4 Å². The van der Waals surface area contributed by atoms with Crippen LogP contribution in [0.5, 0.6) is 0 Å². The van der Waals surface area contributed by atoms with E-state index in [-0.39, 0.29) is 45.5 Å². The summed E-state index contributed by atoms with van der Waals surface area (Å²) in [4.78, 5) is 0. The van der Waals surface area contributed by atoms with E-state index in [1.165, 1.54) is 36.4 Å². The summed E-state index contributed by atoms with van der Waals surface area (Å²) in [5.41, 5.74) is 0. The van der Waals surface area contributed by atoms with Crippen LogP contribution in [0.2, 0.25) is 0 Å². The molecule has 0 amide bonds. The van der Waals surface area contributed by atoms with E-state index in [0.29, 0.717) is 0 Å². The summed E-state index contributed by atoms with van der Waals surface area (Å²) in [5, 5.41) is 0.228. The molecule has 0 atom stereocenters. The molecular weight excluding hydrogens is 407 g/mol. The second kappa shape index (κ2) is 8.43. The first kappa shape index (κ1) is 22.1. The number of rotatable bonds is 4. The fourth-order valence-electron chi connectivity index (χ4n) is 2.79. The molecule has 0 aromatic heterocycles. The zero-order valence-corrected chi connectivity index (χ0v) is 17.9. The minimum atomic E-state index is -5.03. The maximum Gasteiger partial charge on any atom is 1.00 e. The number of benzene rings is 3. The van der Waals surface area contributed by atoms with Gasteiger partial charge in [-0.2, -0.15) is 0 Å². The van der Waals surface area contributed by atoms with Gasteiger partial charge in [0.2, 0.25) is 16.2 Å². The first-order valence-corrected chi connectivity index (χ1v) is 11.2. The predicted molar refractivity (Wildman–Crippen MR) is 94.7 cm³/mol. The third-order valence-electron chi connectivity index (χ3n) is 3.91. The van der Waals surface area contributed by atoms with Gasteiger partial charge in [-0.1, -0.05) is 0 Å². The Morgan fingerprint density at radius 2 is 0.815 bits per heavy atom. The van der Waals surface area contributed by atoms with Crippen molar-refractivity contribution in [3.63, 3.8) is 0 Å². The molecule has 3 rings (SSSR count). The molecule has 9 heteroatoms. The van der Waals surface area contributed by atoms with E-state index in [2.05, 4.69) is 0 Å². The van der Waals surface area contributed by atoms with Crippen molar-refractivity contribution < 1.29 is 55.7 Å². The molecule has 0 aliphatic carbocycles. The van der Waals surface area contributed by atoms with Gasteiger partial charge in [0, 0.05) is 0 Å². The Balaban J connectivity index is 0.00000261. The van der Waals surface area contributed by atoms with Crippen molar-refractivity contribution in [1.29, 1.82) is 0 Å². The minimum absolute atomic E-state index is 0. The Morgan fingerprint density at radius 1 is 0.593 bits per heavy atom. The molecule has 0 aliphatic heterocycles. The molecule has 3 aromatic carbocycles. The first-order valence-electron chi connectivity index (χ1n) is 7.38. The standard InChI is InChI=1S/C18H12F3O3PS.Na/c19-13-1-7-16(8-2-13)25(26(22,23)24,17-9-3-14(20)4-10-17)18-11-5-15(21)6-12-18;/h1-12H;/q;+1. The van der Waals surface area contributed by atoms with Gasteiger partial charge in [-0.05, 0) is 72.8 Å². The molecule has 0 aliphatic rings. The summed E-state index contributed by atoms with van der Waals surface area (Å²) in [6.45, 7) is -3.88. The van der Waals surface area contributed by atoms with Crippen LogP contribution in [0.3, 0.4) is 0 Å². The smallest absolute Gasteiger partial charge is 0.716 e. The zero-order valence-electron chi connectivity index (χ0n) is 14.1. The Labute approximate surface area is 177 Å². The van der Waals surface area contributed by atoms with Crippen molar-refractivity contribution in [3.8, 4) is 0 Å². The summed E-state index contributed by atoms with van der Waals surface area (Å²) in [5.74, 6) is -1.81. The molecule has 3 nitrogen and oxygen atoms in total. The van der Waals surface area contributed by atoms with Crippen LogP contribution in [-0.4, -0.2) is 13.0 Å². The number of halogens is 3. The molecule has 0 bridgehead atoms. The molecule has 0 saturated carbocycles. The Hall–Kier alpha value is -1.21. The Morgan fingerprint density at radius 3 is 1.00 bits per heavy atom. The molecule has 27 heavy (non-hydrogen) atoms. The monoisotopic (exact) mass is 419 g/mol. The van der Waals surface area contributed by atoms with E-state index in [0.717, 1.165) is 36.4 Å². The predicted octanol–water partition coefficient (Wildman–Crippen LogP) is -0.138. The van der Waals surface area contributed by atoms with Crippen LogP contribution < -0.4 is 45.5 Å². The van der Waals surface area contributed by atoms with Crippen LogP contribution in [0.4, 0.5) is 13.2 Å². The molecular formula is C18H12F3NaO3PS+. The van der Waals surface area contributed by atoms with Crippen molar-refractivity contribution >= 4 is 32.1 Å². The normalized spacial score (nSPS) is 11.7. The second-order valence-electron chi connectivity index (χ2n) is 5.47. The van der Waals surface area contributed by atoms with Crippen LogP contribution in [0.1, 0.15) is 0 Å². The Bertz CT molecular complexity index is 914. The number of hydrogen-bond acceptors (Lipinski definition) is 3. The molecule has 0 saturated heterocycles. The molecule has 0 fully saturated rings. The zero-order chi connectivity index (χ0) is 18.9. The maximum atomic E-state index is 13.4.